The first kappa shape index (κ1) is 21.2. The molecule has 0 aliphatic rings. The maximum absolute atomic E-state index is 12.7. The first-order valence-corrected chi connectivity index (χ1v) is 8.26. The van der Waals surface area contributed by atoms with Gasteiger partial charge in [0.2, 0.25) is 5.91 Å². The van der Waals surface area contributed by atoms with Gasteiger partial charge in [-0.25, -0.2) is 4.79 Å². The molecule has 28 heavy (non-hydrogen) atoms. The molecule has 1 unspecified atom stereocenters. The molecule has 0 aliphatic heterocycles. The van der Waals surface area contributed by atoms with Gasteiger partial charge in [0.25, 0.3) is 0 Å². The second-order valence-electron chi connectivity index (χ2n) is 6.06. The molecule has 2 aromatic rings. The molecule has 0 saturated heterocycles. The normalized spacial score (nSPS) is 12.3. The Hall–Kier alpha value is -3.14. The highest BCUT2D eigenvalue weighted by molar-refractivity contribution is 5.85. The third-order valence-corrected chi connectivity index (χ3v) is 3.71. The topological polar surface area (TPSA) is 107 Å². The molecule has 10 heteroatoms. The predicted octanol–water partition coefficient (Wildman–Crippen LogP) is 1.71. The van der Waals surface area contributed by atoms with Gasteiger partial charge in [0.05, 0.1) is 18.2 Å². The highest BCUT2D eigenvalue weighted by Gasteiger charge is 2.30. The summed E-state index contributed by atoms with van der Waals surface area (Å²) in [6, 6.07) is 6.48. The standard InChI is InChI=1S/C18H19F3N4O3/c1-11(26)8-23-16(27)9-24-17(28)25-10-13(4-7-15(25)22)12-2-5-14(6-3-12)18(19,20)21/h2-7,10-11,22,26H,8-9H2,1H3,(H,23,27)(H,24,28). The summed E-state index contributed by atoms with van der Waals surface area (Å²) >= 11 is 0. The van der Waals surface area contributed by atoms with Gasteiger partial charge < -0.3 is 15.7 Å². The summed E-state index contributed by atoms with van der Waals surface area (Å²) in [7, 11) is 0. The molecule has 2 amide bonds. The van der Waals surface area contributed by atoms with Crippen molar-refractivity contribution < 1.29 is 27.9 Å². The van der Waals surface area contributed by atoms with Crippen molar-refractivity contribution in [1.29, 1.82) is 5.41 Å². The molecule has 0 bridgehead atoms. The minimum Gasteiger partial charge on any atom is -0.392 e. The highest BCUT2D eigenvalue weighted by Crippen LogP contribution is 2.30. The Bertz CT molecular complexity index is 906. The number of benzene rings is 1. The molecule has 0 spiro atoms. The molecule has 0 saturated carbocycles. The minimum atomic E-state index is -4.45. The van der Waals surface area contributed by atoms with E-state index in [1.165, 1.54) is 37.4 Å². The Morgan fingerprint density at radius 1 is 1.11 bits per heavy atom. The van der Waals surface area contributed by atoms with Crippen molar-refractivity contribution in [2.45, 2.75) is 19.2 Å². The van der Waals surface area contributed by atoms with E-state index in [1.54, 1.807) is 0 Å². The molecule has 1 aromatic heterocycles. The lowest BCUT2D eigenvalue weighted by atomic mass is 10.1. The predicted molar refractivity (Wildman–Crippen MR) is 94.2 cm³/mol. The van der Waals surface area contributed by atoms with Crippen LogP contribution in [-0.4, -0.2) is 40.8 Å². The number of hydrogen-bond donors (Lipinski definition) is 4. The average Bonchev–Trinajstić information content (AvgIpc) is 2.64. The minimum absolute atomic E-state index is 0.0367. The fourth-order valence-corrected chi connectivity index (χ4v) is 2.26. The number of aliphatic hydroxyl groups excluding tert-OH is 1. The molecule has 1 aromatic carbocycles. The number of amides is 2. The zero-order valence-electron chi connectivity index (χ0n) is 14.9. The van der Waals surface area contributed by atoms with Crippen molar-refractivity contribution in [2.24, 2.45) is 0 Å². The van der Waals surface area contributed by atoms with Crippen molar-refractivity contribution in [3.63, 3.8) is 0 Å². The van der Waals surface area contributed by atoms with Crippen molar-refractivity contribution >= 4 is 11.9 Å². The van der Waals surface area contributed by atoms with Crippen LogP contribution in [-0.2, 0) is 11.0 Å². The van der Waals surface area contributed by atoms with Crippen LogP contribution in [0.3, 0.4) is 0 Å². The van der Waals surface area contributed by atoms with Gasteiger partial charge in [-0.05, 0) is 42.3 Å². The smallest absolute Gasteiger partial charge is 0.392 e. The molecule has 0 aliphatic carbocycles. The maximum Gasteiger partial charge on any atom is 0.416 e. The van der Waals surface area contributed by atoms with Crippen LogP contribution in [0.5, 0.6) is 0 Å². The summed E-state index contributed by atoms with van der Waals surface area (Å²) in [5.41, 5.74) is -0.0950. The van der Waals surface area contributed by atoms with Crippen LogP contribution >= 0.6 is 0 Å². The van der Waals surface area contributed by atoms with E-state index in [1.807, 2.05) is 0 Å². The lowest BCUT2D eigenvalue weighted by Gasteiger charge is -2.12. The van der Waals surface area contributed by atoms with E-state index in [0.29, 0.717) is 11.1 Å². The summed E-state index contributed by atoms with van der Waals surface area (Å²) in [5, 5.41) is 21.7. The summed E-state index contributed by atoms with van der Waals surface area (Å²) in [6.45, 7) is 1.17. The van der Waals surface area contributed by atoms with Crippen molar-refractivity contribution in [3.05, 3.63) is 53.6 Å². The van der Waals surface area contributed by atoms with E-state index in [-0.39, 0.29) is 18.6 Å². The number of rotatable bonds is 5. The number of carbonyl (C=O) groups is 2. The van der Waals surface area contributed by atoms with Crippen LogP contribution in [0.25, 0.3) is 11.1 Å². The van der Waals surface area contributed by atoms with Gasteiger partial charge in [-0.3, -0.25) is 14.8 Å². The van der Waals surface area contributed by atoms with E-state index in [2.05, 4.69) is 10.6 Å². The van der Waals surface area contributed by atoms with Crippen LogP contribution in [0.15, 0.2) is 42.6 Å². The van der Waals surface area contributed by atoms with E-state index in [9.17, 15) is 22.8 Å². The molecule has 1 atom stereocenters. The molecule has 4 N–H and O–H groups in total. The van der Waals surface area contributed by atoms with Gasteiger partial charge in [0, 0.05) is 12.7 Å². The van der Waals surface area contributed by atoms with Gasteiger partial charge in [0.15, 0.2) is 0 Å². The number of alkyl halides is 3. The molecular weight excluding hydrogens is 377 g/mol. The number of nitrogens with one attached hydrogen (secondary N) is 3. The van der Waals surface area contributed by atoms with Crippen LogP contribution in [0.4, 0.5) is 18.0 Å². The monoisotopic (exact) mass is 396 g/mol. The Balaban J connectivity index is 2.13. The number of carbonyl (C=O) groups excluding carboxylic acids is 2. The number of halogens is 3. The van der Waals surface area contributed by atoms with Gasteiger partial charge in [0.1, 0.15) is 5.49 Å². The SMILES string of the molecule is CC(O)CNC(=O)CNC(=O)n1cc(-c2ccc(C(F)(F)F)cc2)ccc1=N. The fourth-order valence-electron chi connectivity index (χ4n) is 2.26. The number of pyridine rings is 1. The molecular formula is C18H19F3N4O3. The van der Waals surface area contributed by atoms with E-state index in [0.717, 1.165) is 16.7 Å². The van der Waals surface area contributed by atoms with Crippen molar-refractivity contribution in [1.82, 2.24) is 15.2 Å². The van der Waals surface area contributed by atoms with Crippen LogP contribution in [0.1, 0.15) is 12.5 Å². The number of aliphatic hydroxyl groups is 1. The maximum atomic E-state index is 12.7. The van der Waals surface area contributed by atoms with Crippen LogP contribution < -0.4 is 16.1 Å². The molecule has 7 nitrogen and oxygen atoms in total. The number of nitrogens with zero attached hydrogens (tertiary/aromatic N) is 1. The third-order valence-electron chi connectivity index (χ3n) is 3.71. The summed E-state index contributed by atoms with van der Waals surface area (Å²) in [4.78, 5) is 23.8. The molecule has 2 rings (SSSR count). The van der Waals surface area contributed by atoms with Gasteiger partial charge in [-0.1, -0.05) is 12.1 Å². The Morgan fingerprint density at radius 3 is 2.29 bits per heavy atom. The van der Waals surface area contributed by atoms with E-state index >= 15 is 0 Å². The zero-order chi connectivity index (χ0) is 20.9. The Labute approximate surface area is 158 Å². The summed E-state index contributed by atoms with van der Waals surface area (Å²) in [6.07, 6.45) is -3.87. The largest absolute Gasteiger partial charge is 0.416 e. The quantitative estimate of drug-likeness (QED) is 0.618. The van der Waals surface area contributed by atoms with Crippen molar-refractivity contribution in [3.8, 4) is 11.1 Å². The van der Waals surface area contributed by atoms with E-state index < -0.39 is 29.8 Å². The van der Waals surface area contributed by atoms with Gasteiger partial charge in [-0.15, -0.1) is 0 Å². The lowest BCUT2D eigenvalue weighted by molar-refractivity contribution is -0.137. The van der Waals surface area contributed by atoms with Crippen LogP contribution in [0, 0.1) is 5.41 Å². The van der Waals surface area contributed by atoms with E-state index in [4.69, 9.17) is 10.5 Å². The summed E-state index contributed by atoms with van der Waals surface area (Å²) in [5.74, 6) is -0.514. The first-order valence-electron chi connectivity index (χ1n) is 8.26. The summed E-state index contributed by atoms with van der Waals surface area (Å²) < 4.78 is 38.9. The third kappa shape index (κ3) is 5.68. The first-order chi connectivity index (χ1) is 13.1. The van der Waals surface area contributed by atoms with Crippen LogP contribution in [0.2, 0.25) is 0 Å². The second-order valence-corrected chi connectivity index (χ2v) is 6.06. The lowest BCUT2D eigenvalue weighted by Crippen LogP contribution is -2.43. The number of aromatic nitrogens is 1. The second kappa shape index (κ2) is 8.70. The van der Waals surface area contributed by atoms with Gasteiger partial charge in [-0.2, -0.15) is 13.2 Å². The highest BCUT2D eigenvalue weighted by atomic mass is 19.4. The molecule has 1 heterocycles. The Kier molecular flexibility index (Phi) is 6.57. The van der Waals surface area contributed by atoms with Crippen molar-refractivity contribution in [2.75, 3.05) is 13.1 Å². The molecule has 0 radical (unpaired) electrons. The Morgan fingerprint density at radius 2 is 1.71 bits per heavy atom. The fraction of sp³-hybridized carbons (Fsp3) is 0.278. The average molecular weight is 396 g/mol. The molecule has 0 fully saturated rings. The molecule has 150 valence electrons. The van der Waals surface area contributed by atoms with Gasteiger partial charge >= 0.3 is 12.2 Å². The zero-order valence-corrected chi connectivity index (χ0v) is 14.9. The number of hydrogen-bond acceptors (Lipinski definition) is 4.